The number of guanidine groups is 1. The smallest absolute Gasteiger partial charge is 0.413 e. The Morgan fingerprint density at radius 3 is 2.63 bits per heavy atom. The maximum atomic E-state index is 11.2. The first kappa shape index (κ1) is 14.0. The fourth-order valence-corrected chi connectivity index (χ4v) is 2.39. The lowest BCUT2D eigenvalue weighted by atomic mass is 10.1. The van der Waals surface area contributed by atoms with Crippen molar-refractivity contribution in [2.24, 2.45) is 4.99 Å². The third-order valence-corrected chi connectivity index (χ3v) is 3.19. The summed E-state index contributed by atoms with van der Waals surface area (Å²) in [7, 11) is 3.14. The van der Waals surface area contributed by atoms with E-state index in [0.717, 1.165) is 5.56 Å². The van der Waals surface area contributed by atoms with Crippen LogP contribution in [0.1, 0.15) is 11.6 Å². The first-order chi connectivity index (χ1) is 8.99. The van der Waals surface area contributed by atoms with E-state index in [2.05, 4.69) is 15.0 Å². The summed E-state index contributed by atoms with van der Waals surface area (Å²) >= 11 is 11.9. The van der Waals surface area contributed by atoms with Crippen LogP contribution in [0.15, 0.2) is 23.2 Å². The quantitative estimate of drug-likeness (QED) is 0.868. The number of ether oxygens (including phenoxy) is 1. The summed E-state index contributed by atoms with van der Waals surface area (Å²) in [6, 6.07) is 5.18. The average molecular weight is 302 g/mol. The maximum absolute atomic E-state index is 11.2. The second kappa shape index (κ2) is 5.67. The molecule has 0 saturated carbocycles. The standard InChI is InChI=1S/C12H13Cl2N3O2/c1-17-6-10(15-11(17)16-12(18)19-2)7-3-8(13)5-9(14)4-7/h3-5,10H,6H2,1-2H3,(H,15,16,18). The summed E-state index contributed by atoms with van der Waals surface area (Å²) in [4.78, 5) is 17.4. The summed E-state index contributed by atoms with van der Waals surface area (Å²) in [6.07, 6.45) is -0.546. The zero-order valence-electron chi connectivity index (χ0n) is 10.5. The molecule has 0 aliphatic carbocycles. The Morgan fingerprint density at radius 2 is 2.05 bits per heavy atom. The van der Waals surface area contributed by atoms with Crippen LogP contribution in [0.3, 0.4) is 0 Å². The SMILES string of the molecule is COC(=O)NC1=NC(c2cc(Cl)cc(Cl)c2)CN1C. The molecule has 0 bridgehead atoms. The van der Waals surface area contributed by atoms with Gasteiger partial charge in [0, 0.05) is 23.6 Å². The van der Waals surface area contributed by atoms with Gasteiger partial charge in [-0.05, 0) is 23.8 Å². The van der Waals surface area contributed by atoms with Crippen LogP contribution in [0.4, 0.5) is 4.79 Å². The molecule has 1 unspecified atom stereocenters. The van der Waals surface area contributed by atoms with Crippen molar-refractivity contribution < 1.29 is 9.53 Å². The number of nitrogens with zero attached hydrogens (tertiary/aromatic N) is 2. The van der Waals surface area contributed by atoms with E-state index in [9.17, 15) is 4.79 Å². The molecule has 1 aromatic rings. The number of hydrogen-bond acceptors (Lipinski definition) is 4. The van der Waals surface area contributed by atoms with E-state index in [4.69, 9.17) is 23.2 Å². The highest BCUT2D eigenvalue weighted by Gasteiger charge is 2.25. The Morgan fingerprint density at radius 1 is 1.42 bits per heavy atom. The summed E-state index contributed by atoms with van der Waals surface area (Å²) in [6.45, 7) is 0.635. The van der Waals surface area contributed by atoms with Crippen LogP contribution in [-0.2, 0) is 4.74 Å². The minimum Gasteiger partial charge on any atom is -0.453 e. The number of alkyl carbamates (subject to hydrolysis) is 1. The number of nitrogens with one attached hydrogen (secondary N) is 1. The second-order valence-electron chi connectivity index (χ2n) is 4.17. The Bertz CT molecular complexity index is 513. The minimum absolute atomic E-state index is 0.117. The van der Waals surface area contributed by atoms with E-state index in [1.165, 1.54) is 7.11 Å². The van der Waals surface area contributed by atoms with E-state index in [1.807, 2.05) is 24.1 Å². The van der Waals surface area contributed by atoms with Crippen molar-refractivity contribution in [1.29, 1.82) is 0 Å². The lowest BCUT2D eigenvalue weighted by Gasteiger charge is -2.14. The van der Waals surface area contributed by atoms with E-state index < -0.39 is 6.09 Å². The monoisotopic (exact) mass is 301 g/mol. The van der Waals surface area contributed by atoms with Gasteiger partial charge in [0.15, 0.2) is 0 Å². The summed E-state index contributed by atoms with van der Waals surface area (Å²) < 4.78 is 4.54. The first-order valence-corrected chi connectivity index (χ1v) is 6.35. The molecule has 0 saturated heterocycles. The molecule has 1 heterocycles. The molecular formula is C12H13Cl2N3O2. The number of halogens is 2. The Labute approximate surface area is 121 Å². The number of hydrogen-bond donors (Lipinski definition) is 1. The number of carbonyl (C=O) groups is 1. The molecule has 2 rings (SSSR count). The zero-order chi connectivity index (χ0) is 14.0. The predicted molar refractivity (Wildman–Crippen MR) is 74.8 cm³/mol. The number of methoxy groups -OCH3 is 1. The number of carbonyl (C=O) groups excluding carboxylic acids is 1. The van der Waals surface area contributed by atoms with Crippen LogP contribution >= 0.6 is 23.2 Å². The van der Waals surface area contributed by atoms with E-state index in [1.54, 1.807) is 6.07 Å². The minimum atomic E-state index is -0.546. The molecule has 102 valence electrons. The molecule has 1 aliphatic heterocycles. The predicted octanol–water partition coefficient (Wildman–Crippen LogP) is 2.69. The topological polar surface area (TPSA) is 53.9 Å². The Kier molecular flexibility index (Phi) is 4.17. The third-order valence-electron chi connectivity index (χ3n) is 2.76. The van der Waals surface area contributed by atoms with Crippen LogP contribution in [0.2, 0.25) is 10.0 Å². The van der Waals surface area contributed by atoms with Crippen LogP contribution < -0.4 is 5.32 Å². The number of rotatable bonds is 1. The lowest BCUT2D eigenvalue weighted by molar-refractivity contribution is 0.176. The lowest BCUT2D eigenvalue weighted by Crippen LogP contribution is -2.39. The van der Waals surface area contributed by atoms with Crippen molar-refractivity contribution in [3.05, 3.63) is 33.8 Å². The van der Waals surface area contributed by atoms with Gasteiger partial charge in [-0.2, -0.15) is 0 Å². The molecular weight excluding hydrogens is 289 g/mol. The fourth-order valence-electron chi connectivity index (χ4n) is 1.85. The van der Waals surface area contributed by atoms with E-state index >= 15 is 0 Å². The molecule has 19 heavy (non-hydrogen) atoms. The molecule has 1 aromatic carbocycles. The van der Waals surface area contributed by atoms with Gasteiger partial charge in [-0.25, -0.2) is 9.79 Å². The van der Waals surface area contributed by atoms with E-state index in [0.29, 0.717) is 22.5 Å². The van der Waals surface area contributed by atoms with Gasteiger partial charge in [0.25, 0.3) is 0 Å². The molecule has 0 aromatic heterocycles. The third kappa shape index (κ3) is 3.30. The fraction of sp³-hybridized carbons (Fsp3) is 0.333. The molecule has 1 aliphatic rings. The average Bonchev–Trinajstić information content (AvgIpc) is 2.69. The van der Waals surface area contributed by atoms with Crippen LogP contribution in [0, 0.1) is 0 Å². The zero-order valence-corrected chi connectivity index (χ0v) is 12.0. The van der Waals surface area contributed by atoms with Gasteiger partial charge < -0.3 is 9.64 Å². The maximum Gasteiger partial charge on any atom is 0.413 e. The normalized spacial score (nSPS) is 18.2. The van der Waals surface area contributed by atoms with Crippen LogP contribution in [0.5, 0.6) is 0 Å². The van der Waals surface area contributed by atoms with Gasteiger partial charge in [-0.15, -0.1) is 0 Å². The van der Waals surface area contributed by atoms with Gasteiger partial charge in [-0.1, -0.05) is 23.2 Å². The largest absolute Gasteiger partial charge is 0.453 e. The highest BCUT2D eigenvalue weighted by Crippen LogP contribution is 2.28. The number of aliphatic imine (C=N–C) groups is 1. The van der Waals surface area contributed by atoms with Gasteiger partial charge in [-0.3, -0.25) is 5.32 Å². The molecule has 1 amide bonds. The molecule has 1 atom stereocenters. The van der Waals surface area contributed by atoms with Crippen molar-refractivity contribution in [2.75, 3.05) is 20.7 Å². The molecule has 1 N–H and O–H groups in total. The number of benzene rings is 1. The van der Waals surface area contributed by atoms with Crippen molar-refractivity contribution in [3.63, 3.8) is 0 Å². The first-order valence-electron chi connectivity index (χ1n) is 5.59. The molecule has 0 spiro atoms. The van der Waals surface area contributed by atoms with Crippen molar-refractivity contribution >= 4 is 35.3 Å². The summed E-state index contributed by atoms with van der Waals surface area (Å²) in [5, 5.41) is 3.69. The van der Waals surface area contributed by atoms with Crippen molar-refractivity contribution in [3.8, 4) is 0 Å². The molecule has 5 nitrogen and oxygen atoms in total. The number of amides is 1. The highest BCUT2D eigenvalue weighted by molar-refractivity contribution is 6.34. The van der Waals surface area contributed by atoms with Gasteiger partial charge in [0.05, 0.1) is 13.2 Å². The van der Waals surface area contributed by atoms with Gasteiger partial charge in [0.1, 0.15) is 0 Å². The molecule has 0 fully saturated rings. The van der Waals surface area contributed by atoms with Gasteiger partial charge >= 0.3 is 6.09 Å². The summed E-state index contributed by atoms with van der Waals surface area (Å²) in [5.41, 5.74) is 0.908. The molecule has 0 radical (unpaired) electrons. The highest BCUT2D eigenvalue weighted by atomic mass is 35.5. The number of likely N-dealkylation sites (N-methyl/N-ethyl adjacent to an activating group) is 1. The van der Waals surface area contributed by atoms with Crippen LogP contribution in [-0.4, -0.2) is 37.7 Å². The van der Waals surface area contributed by atoms with Crippen LogP contribution in [0.25, 0.3) is 0 Å². The van der Waals surface area contributed by atoms with Gasteiger partial charge in [0.2, 0.25) is 5.96 Å². The second-order valence-corrected chi connectivity index (χ2v) is 5.04. The Balaban J connectivity index is 2.20. The van der Waals surface area contributed by atoms with E-state index in [-0.39, 0.29) is 6.04 Å². The van der Waals surface area contributed by atoms with Crippen molar-refractivity contribution in [2.45, 2.75) is 6.04 Å². The molecule has 7 heteroatoms. The summed E-state index contributed by atoms with van der Waals surface area (Å²) in [5.74, 6) is 0.466. The Hall–Kier alpha value is -1.46. The van der Waals surface area contributed by atoms with Crippen molar-refractivity contribution in [1.82, 2.24) is 10.2 Å².